The van der Waals surface area contributed by atoms with Crippen LogP contribution in [0.1, 0.15) is 18.2 Å². The van der Waals surface area contributed by atoms with Crippen molar-refractivity contribution in [3.8, 4) is 0 Å². The van der Waals surface area contributed by atoms with E-state index in [-0.39, 0.29) is 4.87 Å². The van der Waals surface area contributed by atoms with Crippen LogP contribution < -0.4 is 5.43 Å². The molecule has 1 aromatic carbocycles. The van der Waals surface area contributed by atoms with Gasteiger partial charge in [-0.3, -0.25) is 5.43 Å². The molecule has 0 amide bonds. The molecule has 17 heavy (non-hydrogen) atoms. The van der Waals surface area contributed by atoms with Crippen molar-refractivity contribution in [1.29, 1.82) is 0 Å². The number of hydrogen-bond donors (Lipinski definition) is 1. The minimum Gasteiger partial charge on any atom is -0.466 e. The van der Waals surface area contributed by atoms with E-state index in [0.717, 1.165) is 16.4 Å². The van der Waals surface area contributed by atoms with Crippen LogP contribution in [0.2, 0.25) is 0 Å². The lowest BCUT2D eigenvalue weighted by atomic mass is 10.2. The van der Waals surface area contributed by atoms with Crippen LogP contribution in [0.15, 0.2) is 58.2 Å². The van der Waals surface area contributed by atoms with E-state index in [2.05, 4.69) is 29.6 Å². The molecule has 1 unspecified atom stereocenters. The van der Waals surface area contributed by atoms with Gasteiger partial charge in [0.15, 0.2) is 4.87 Å². The molecule has 0 aliphatic carbocycles. The zero-order chi connectivity index (χ0) is 11.7. The molecular weight excluding hydrogens is 232 g/mol. The fourth-order valence-electron chi connectivity index (χ4n) is 1.76. The number of hydrazone groups is 1. The molecule has 0 bridgehead atoms. The highest BCUT2D eigenvalue weighted by molar-refractivity contribution is 8.15. The van der Waals surface area contributed by atoms with Gasteiger partial charge in [-0.25, -0.2) is 0 Å². The van der Waals surface area contributed by atoms with Gasteiger partial charge in [0, 0.05) is 5.56 Å². The molecule has 3 nitrogen and oxygen atoms in total. The Morgan fingerprint density at radius 1 is 1.18 bits per heavy atom. The lowest BCUT2D eigenvalue weighted by molar-refractivity contribution is 0.414. The number of rotatable bonds is 2. The normalized spacial score (nSPS) is 23.2. The van der Waals surface area contributed by atoms with E-state index in [4.69, 9.17) is 4.42 Å². The number of furan rings is 1. The smallest absolute Gasteiger partial charge is 0.160 e. The van der Waals surface area contributed by atoms with E-state index in [1.165, 1.54) is 0 Å². The number of thioether (sulfide) groups is 1. The van der Waals surface area contributed by atoms with Gasteiger partial charge in [0.2, 0.25) is 0 Å². The average Bonchev–Trinajstić information content (AvgIpc) is 3.00. The Hall–Kier alpha value is -1.68. The molecule has 1 aliphatic heterocycles. The molecule has 0 radical (unpaired) electrons. The predicted octanol–water partition coefficient (Wildman–Crippen LogP) is 3.15. The Bertz CT molecular complexity index is 536. The maximum absolute atomic E-state index is 5.45. The van der Waals surface area contributed by atoms with Gasteiger partial charge in [0.25, 0.3) is 0 Å². The largest absolute Gasteiger partial charge is 0.466 e. The van der Waals surface area contributed by atoms with Crippen molar-refractivity contribution < 1.29 is 4.42 Å². The summed E-state index contributed by atoms with van der Waals surface area (Å²) in [6.07, 6.45) is 1.68. The van der Waals surface area contributed by atoms with Gasteiger partial charge < -0.3 is 4.42 Å². The molecule has 3 rings (SSSR count). The Kier molecular flexibility index (Phi) is 2.44. The van der Waals surface area contributed by atoms with Crippen molar-refractivity contribution in [2.75, 3.05) is 0 Å². The van der Waals surface area contributed by atoms with Crippen LogP contribution in [0.3, 0.4) is 0 Å². The maximum Gasteiger partial charge on any atom is 0.160 e. The summed E-state index contributed by atoms with van der Waals surface area (Å²) in [7, 11) is 0. The first kappa shape index (κ1) is 10.5. The van der Waals surface area contributed by atoms with E-state index in [1.54, 1.807) is 18.0 Å². The summed E-state index contributed by atoms with van der Waals surface area (Å²) in [6, 6.07) is 14.0. The lowest BCUT2D eigenvalue weighted by Gasteiger charge is -2.19. The molecule has 1 aromatic heterocycles. The summed E-state index contributed by atoms with van der Waals surface area (Å²) in [4.78, 5) is -0.311. The number of benzene rings is 1. The minimum atomic E-state index is -0.311. The molecule has 4 heteroatoms. The molecule has 0 saturated carbocycles. The molecule has 0 spiro atoms. The van der Waals surface area contributed by atoms with E-state index in [9.17, 15) is 0 Å². The lowest BCUT2D eigenvalue weighted by Crippen LogP contribution is -2.27. The molecule has 1 aliphatic rings. The van der Waals surface area contributed by atoms with Gasteiger partial charge in [-0.15, -0.1) is 0 Å². The van der Waals surface area contributed by atoms with Gasteiger partial charge in [-0.1, -0.05) is 42.1 Å². The van der Waals surface area contributed by atoms with Crippen molar-refractivity contribution >= 4 is 16.8 Å². The zero-order valence-electron chi connectivity index (χ0n) is 9.38. The van der Waals surface area contributed by atoms with E-state index in [1.807, 2.05) is 30.3 Å². The van der Waals surface area contributed by atoms with Crippen LogP contribution >= 0.6 is 11.8 Å². The fourth-order valence-corrected chi connectivity index (χ4v) is 2.80. The second kappa shape index (κ2) is 3.96. The Morgan fingerprint density at radius 2 is 2.00 bits per heavy atom. The molecule has 1 atom stereocenters. The molecule has 0 saturated heterocycles. The van der Waals surface area contributed by atoms with Crippen LogP contribution in [0.25, 0.3) is 0 Å². The molecule has 2 heterocycles. The molecule has 86 valence electrons. The topological polar surface area (TPSA) is 37.5 Å². The van der Waals surface area contributed by atoms with Crippen LogP contribution in [0.5, 0.6) is 0 Å². The quantitative estimate of drug-likeness (QED) is 0.881. The standard InChI is InChI=1S/C13H12N2OS/c1-13(11-8-5-9-16-11)15-14-12(17-13)10-6-3-2-4-7-10/h2-9,15H,1H3. The molecule has 2 aromatic rings. The van der Waals surface area contributed by atoms with E-state index < -0.39 is 0 Å². The second-order valence-electron chi connectivity index (χ2n) is 4.01. The highest BCUT2D eigenvalue weighted by atomic mass is 32.2. The van der Waals surface area contributed by atoms with Crippen molar-refractivity contribution in [1.82, 2.24) is 5.43 Å². The van der Waals surface area contributed by atoms with Crippen LogP contribution in [-0.4, -0.2) is 5.04 Å². The maximum atomic E-state index is 5.45. The zero-order valence-corrected chi connectivity index (χ0v) is 10.2. The van der Waals surface area contributed by atoms with Gasteiger partial charge in [-0.05, 0) is 19.1 Å². The molecule has 0 fully saturated rings. The van der Waals surface area contributed by atoms with Crippen LogP contribution in [-0.2, 0) is 4.87 Å². The first-order valence-corrected chi connectivity index (χ1v) is 6.23. The summed E-state index contributed by atoms with van der Waals surface area (Å²) in [5.74, 6) is 0.886. The number of nitrogens with one attached hydrogen (secondary N) is 1. The van der Waals surface area contributed by atoms with Crippen molar-refractivity contribution in [3.05, 3.63) is 60.1 Å². The summed E-state index contributed by atoms with van der Waals surface area (Å²) in [5, 5.41) is 5.38. The first-order chi connectivity index (χ1) is 8.28. The first-order valence-electron chi connectivity index (χ1n) is 5.41. The Balaban J connectivity index is 1.86. The van der Waals surface area contributed by atoms with Crippen molar-refractivity contribution in [3.63, 3.8) is 0 Å². The van der Waals surface area contributed by atoms with E-state index in [0.29, 0.717) is 0 Å². The molecule has 1 N–H and O–H groups in total. The molecular formula is C13H12N2OS. The third-order valence-electron chi connectivity index (χ3n) is 2.68. The third kappa shape index (κ3) is 1.85. The van der Waals surface area contributed by atoms with Gasteiger partial charge in [-0.2, -0.15) is 5.10 Å². The average molecular weight is 244 g/mol. The Labute approximate surface area is 104 Å². The van der Waals surface area contributed by atoms with E-state index >= 15 is 0 Å². The van der Waals surface area contributed by atoms with Crippen LogP contribution in [0.4, 0.5) is 0 Å². The predicted molar refractivity (Wildman–Crippen MR) is 69.8 cm³/mol. The highest BCUT2D eigenvalue weighted by Gasteiger charge is 2.36. The van der Waals surface area contributed by atoms with Crippen molar-refractivity contribution in [2.24, 2.45) is 5.10 Å². The van der Waals surface area contributed by atoms with Crippen molar-refractivity contribution in [2.45, 2.75) is 11.8 Å². The minimum absolute atomic E-state index is 0.311. The van der Waals surface area contributed by atoms with Gasteiger partial charge in [0.1, 0.15) is 10.8 Å². The summed E-state index contributed by atoms with van der Waals surface area (Å²) in [5.41, 5.74) is 4.27. The number of hydrogen-bond acceptors (Lipinski definition) is 4. The SMILES string of the molecule is CC1(c2ccco2)NN=C(c2ccccc2)S1. The summed E-state index contributed by atoms with van der Waals surface area (Å²) >= 11 is 1.67. The fraction of sp³-hybridized carbons (Fsp3) is 0.154. The second-order valence-corrected chi connectivity index (χ2v) is 5.41. The summed E-state index contributed by atoms with van der Waals surface area (Å²) in [6.45, 7) is 2.07. The summed E-state index contributed by atoms with van der Waals surface area (Å²) < 4.78 is 5.45. The monoisotopic (exact) mass is 244 g/mol. The van der Waals surface area contributed by atoms with Crippen LogP contribution in [0, 0.1) is 0 Å². The Morgan fingerprint density at radius 3 is 2.71 bits per heavy atom. The highest BCUT2D eigenvalue weighted by Crippen LogP contribution is 2.40. The van der Waals surface area contributed by atoms with Gasteiger partial charge in [0.05, 0.1) is 6.26 Å². The third-order valence-corrected chi connectivity index (χ3v) is 3.90. The van der Waals surface area contributed by atoms with Gasteiger partial charge >= 0.3 is 0 Å². The number of nitrogens with zero attached hydrogens (tertiary/aromatic N) is 1.